The zero-order valence-corrected chi connectivity index (χ0v) is 7.45. The Hall–Kier alpha value is -0.830. The highest BCUT2D eigenvalue weighted by molar-refractivity contribution is 5.12. The Morgan fingerprint density at radius 1 is 1.67 bits per heavy atom. The Bertz CT molecular complexity index is 273. The summed E-state index contributed by atoms with van der Waals surface area (Å²) in [6.07, 6.45) is 5.18. The van der Waals surface area contributed by atoms with E-state index in [1.165, 1.54) is 18.5 Å². The van der Waals surface area contributed by atoms with Crippen molar-refractivity contribution in [1.82, 2.24) is 9.78 Å². The van der Waals surface area contributed by atoms with Crippen molar-refractivity contribution in [3.63, 3.8) is 0 Å². The van der Waals surface area contributed by atoms with E-state index in [1.54, 1.807) is 0 Å². The van der Waals surface area contributed by atoms with Crippen LogP contribution in [0, 0.1) is 0 Å². The Kier molecular flexibility index (Phi) is 1.68. The molecule has 0 radical (unpaired) electrons. The molecule has 2 rings (SSSR count). The molecular weight excluding hydrogens is 150 g/mol. The Morgan fingerprint density at radius 3 is 3.00 bits per heavy atom. The van der Waals surface area contributed by atoms with Crippen molar-refractivity contribution in [1.29, 1.82) is 0 Å². The van der Waals surface area contributed by atoms with Crippen LogP contribution >= 0.6 is 0 Å². The van der Waals surface area contributed by atoms with Crippen LogP contribution in [0.25, 0.3) is 0 Å². The van der Waals surface area contributed by atoms with Crippen LogP contribution in [0.3, 0.4) is 0 Å². The Morgan fingerprint density at radius 2 is 2.42 bits per heavy atom. The first-order chi connectivity index (χ1) is 5.73. The average molecular weight is 165 g/mol. The molecule has 0 unspecified atom stereocenters. The van der Waals surface area contributed by atoms with Crippen molar-refractivity contribution in [2.45, 2.75) is 38.3 Å². The SMILES string of the molecule is CCn1nccc1CC1(N)CC1. The van der Waals surface area contributed by atoms with Gasteiger partial charge in [0.25, 0.3) is 0 Å². The van der Waals surface area contributed by atoms with Crippen molar-refractivity contribution < 1.29 is 0 Å². The molecule has 0 aromatic carbocycles. The highest BCUT2D eigenvalue weighted by Gasteiger charge is 2.38. The quantitative estimate of drug-likeness (QED) is 0.724. The number of aryl methyl sites for hydroxylation is 1. The minimum atomic E-state index is 0.104. The third-order valence-electron chi connectivity index (χ3n) is 2.53. The van der Waals surface area contributed by atoms with Gasteiger partial charge in [0.15, 0.2) is 0 Å². The molecule has 1 saturated carbocycles. The van der Waals surface area contributed by atoms with Crippen molar-refractivity contribution >= 4 is 0 Å². The van der Waals surface area contributed by atoms with Crippen LogP contribution in [0.1, 0.15) is 25.5 Å². The van der Waals surface area contributed by atoms with Crippen LogP contribution in [0.5, 0.6) is 0 Å². The molecule has 66 valence electrons. The summed E-state index contributed by atoms with van der Waals surface area (Å²) >= 11 is 0. The summed E-state index contributed by atoms with van der Waals surface area (Å²) in [5, 5.41) is 4.21. The van der Waals surface area contributed by atoms with Gasteiger partial charge in [0, 0.05) is 30.4 Å². The lowest BCUT2D eigenvalue weighted by molar-refractivity contribution is 0.574. The van der Waals surface area contributed by atoms with Gasteiger partial charge in [-0.2, -0.15) is 5.10 Å². The lowest BCUT2D eigenvalue weighted by Crippen LogP contribution is -2.26. The fourth-order valence-electron chi connectivity index (χ4n) is 1.49. The Labute approximate surface area is 72.6 Å². The van der Waals surface area contributed by atoms with Gasteiger partial charge in [0.1, 0.15) is 0 Å². The van der Waals surface area contributed by atoms with Gasteiger partial charge in [-0.25, -0.2) is 0 Å². The minimum absolute atomic E-state index is 0.104. The van der Waals surface area contributed by atoms with E-state index >= 15 is 0 Å². The predicted molar refractivity (Wildman–Crippen MR) is 47.8 cm³/mol. The molecule has 0 spiro atoms. The number of nitrogens with two attached hydrogens (primary N) is 1. The van der Waals surface area contributed by atoms with Gasteiger partial charge >= 0.3 is 0 Å². The lowest BCUT2D eigenvalue weighted by atomic mass is 10.1. The molecule has 3 nitrogen and oxygen atoms in total. The number of aromatic nitrogens is 2. The molecule has 0 bridgehead atoms. The van der Waals surface area contributed by atoms with E-state index in [0.29, 0.717) is 0 Å². The maximum atomic E-state index is 6.02. The van der Waals surface area contributed by atoms with Crippen molar-refractivity contribution in [3.05, 3.63) is 18.0 Å². The monoisotopic (exact) mass is 165 g/mol. The second-order valence-electron chi connectivity index (χ2n) is 3.68. The first-order valence-electron chi connectivity index (χ1n) is 4.53. The molecule has 12 heavy (non-hydrogen) atoms. The molecule has 0 atom stereocenters. The normalized spacial score (nSPS) is 19.5. The molecule has 1 aromatic rings. The smallest absolute Gasteiger partial charge is 0.0492 e. The number of hydrogen-bond donors (Lipinski definition) is 1. The first-order valence-corrected chi connectivity index (χ1v) is 4.53. The summed E-state index contributed by atoms with van der Waals surface area (Å²) in [6, 6.07) is 2.07. The largest absolute Gasteiger partial charge is 0.325 e. The zero-order valence-electron chi connectivity index (χ0n) is 7.45. The van der Waals surface area contributed by atoms with Gasteiger partial charge in [-0.15, -0.1) is 0 Å². The van der Waals surface area contributed by atoms with Gasteiger partial charge < -0.3 is 5.73 Å². The van der Waals surface area contributed by atoms with Gasteiger partial charge in [0.2, 0.25) is 0 Å². The topological polar surface area (TPSA) is 43.8 Å². The van der Waals surface area contributed by atoms with Crippen LogP contribution in [0.2, 0.25) is 0 Å². The van der Waals surface area contributed by atoms with E-state index in [4.69, 9.17) is 5.73 Å². The van der Waals surface area contributed by atoms with Crippen LogP contribution in [-0.4, -0.2) is 15.3 Å². The van der Waals surface area contributed by atoms with E-state index in [2.05, 4.69) is 18.1 Å². The van der Waals surface area contributed by atoms with Crippen molar-refractivity contribution in [3.8, 4) is 0 Å². The third-order valence-corrected chi connectivity index (χ3v) is 2.53. The summed E-state index contributed by atoms with van der Waals surface area (Å²) in [5.41, 5.74) is 7.40. The second kappa shape index (κ2) is 2.59. The summed E-state index contributed by atoms with van der Waals surface area (Å²) in [7, 11) is 0. The molecule has 1 heterocycles. The standard InChI is InChI=1S/C9H15N3/c1-2-12-8(3-6-11-12)7-9(10)4-5-9/h3,6H,2,4-5,7,10H2,1H3. The second-order valence-corrected chi connectivity index (χ2v) is 3.68. The summed E-state index contributed by atoms with van der Waals surface area (Å²) in [4.78, 5) is 0. The number of nitrogens with zero attached hydrogens (tertiary/aromatic N) is 2. The van der Waals surface area contributed by atoms with E-state index in [0.717, 1.165) is 13.0 Å². The average Bonchev–Trinajstić information content (AvgIpc) is 2.64. The van der Waals surface area contributed by atoms with Crippen LogP contribution in [0.15, 0.2) is 12.3 Å². The van der Waals surface area contributed by atoms with E-state index in [1.807, 2.05) is 10.9 Å². The van der Waals surface area contributed by atoms with Gasteiger partial charge in [-0.1, -0.05) is 0 Å². The molecule has 1 aromatic heterocycles. The molecule has 2 N–H and O–H groups in total. The first kappa shape index (κ1) is 7.80. The van der Waals surface area contributed by atoms with Crippen LogP contribution < -0.4 is 5.73 Å². The lowest BCUT2D eigenvalue weighted by Gasteiger charge is -2.09. The highest BCUT2D eigenvalue weighted by atomic mass is 15.3. The number of hydrogen-bond acceptors (Lipinski definition) is 2. The molecule has 3 heteroatoms. The van der Waals surface area contributed by atoms with Gasteiger partial charge in [0.05, 0.1) is 0 Å². The maximum Gasteiger partial charge on any atom is 0.0492 e. The number of rotatable bonds is 3. The fourth-order valence-corrected chi connectivity index (χ4v) is 1.49. The summed E-state index contributed by atoms with van der Waals surface area (Å²) < 4.78 is 2.02. The maximum absolute atomic E-state index is 6.02. The van der Waals surface area contributed by atoms with Gasteiger partial charge in [-0.05, 0) is 25.8 Å². The minimum Gasteiger partial charge on any atom is -0.325 e. The third kappa shape index (κ3) is 1.37. The zero-order chi connectivity index (χ0) is 8.60. The highest BCUT2D eigenvalue weighted by Crippen LogP contribution is 2.35. The van der Waals surface area contributed by atoms with E-state index < -0.39 is 0 Å². The van der Waals surface area contributed by atoms with Crippen LogP contribution in [-0.2, 0) is 13.0 Å². The van der Waals surface area contributed by atoms with E-state index in [-0.39, 0.29) is 5.54 Å². The van der Waals surface area contributed by atoms with Gasteiger partial charge in [-0.3, -0.25) is 4.68 Å². The summed E-state index contributed by atoms with van der Waals surface area (Å²) in [6.45, 7) is 3.05. The fraction of sp³-hybridized carbons (Fsp3) is 0.667. The predicted octanol–water partition coefficient (Wildman–Crippen LogP) is 0.937. The summed E-state index contributed by atoms with van der Waals surface area (Å²) in [5.74, 6) is 0. The van der Waals surface area contributed by atoms with Crippen molar-refractivity contribution in [2.75, 3.05) is 0 Å². The Balaban J connectivity index is 2.11. The molecule has 1 fully saturated rings. The molecule has 0 saturated heterocycles. The molecular formula is C9H15N3. The van der Waals surface area contributed by atoms with Crippen LogP contribution in [0.4, 0.5) is 0 Å². The molecule has 0 amide bonds. The van der Waals surface area contributed by atoms with Crippen molar-refractivity contribution in [2.24, 2.45) is 5.73 Å². The van der Waals surface area contributed by atoms with E-state index in [9.17, 15) is 0 Å². The molecule has 1 aliphatic carbocycles. The molecule has 0 aliphatic heterocycles. The molecule has 1 aliphatic rings.